The predicted octanol–water partition coefficient (Wildman–Crippen LogP) is 19.8. The van der Waals surface area contributed by atoms with Gasteiger partial charge in [-0.15, -0.1) is 0 Å². The number of anilines is 10. The number of aromatic nitrogens is 10. The quantitative estimate of drug-likeness (QED) is 0.118. The van der Waals surface area contributed by atoms with Crippen LogP contribution < -0.4 is 24.5 Å². The number of carbonyl (C=O) groups excluding carboxylic acids is 5. The zero-order valence-corrected chi connectivity index (χ0v) is 71.8. The van der Waals surface area contributed by atoms with Crippen LogP contribution in [0.25, 0.3) is 0 Å². The summed E-state index contributed by atoms with van der Waals surface area (Å²) in [6, 6.07) is 56.7. The van der Waals surface area contributed by atoms with Gasteiger partial charge in [0, 0.05) is 118 Å². The molecule has 20 nitrogen and oxygen atoms in total. The van der Waals surface area contributed by atoms with Gasteiger partial charge in [-0.25, -0.2) is 88.9 Å². The van der Waals surface area contributed by atoms with E-state index in [-0.39, 0.29) is 68.6 Å². The number of amides is 5. The fourth-order valence-electron chi connectivity index (χ4n) is 15.5. The number of fused-ring (bicyclic) bond motifs is 6. The van der Waals surface area contributed by atoms with Crippen molar-refractivity contribution in [3.63, 3.8) is 0 Å². The molecule has 1 spiro atoms. The first-order valence-corrected chi connectivity index (χ1v) is 41.6. The lowest BCUT2D eigenvalue weighted by Crippen LogP contribution is -2.36. The molecular weight excluding hydrogens is 1730 g/mol. The molecule has 0 N–H and O–H groups in total. The molecule has 656 valence electrons. The number of imidazole rings is 5. The Morgan fingerprint density at radius 1 is 0.286 bits per heavy atom. The molecule has 0 saturated heterocycles. The van der Waals surface area contributed by atoms with Crippen molar-refractivity contribution in [3.05, 3.63) is 387 Å². The van der Waals surface area contributed by atoms with Gasteiger partial charge in [-0.1, -0.05) is 162 Å². The van der Waals surface area contributed by atoms with Gasteiger partial charge in [0.15, 0.2) is 46.5 Å². The summed E-state index contributed by atoms with van der Waals surface area (Å²) in [5.41, 5.74) is 0.689. The lowest BCUT2D eigenvalue weighted by molar-refractivity contribution is -0.123. The van der Waals surface area contributed by atoms with Crippen molar-refractivity contribution in [2.75, 3.05) is 24.5 Å². The number of carbonyl (C=O) groups is 5. The van der Waals surface area contributed by atoms with E-state index in [0.29, 0.717) is 24.4 Å². The van der Waals surface area contributed by atoms with Crippen LogP contribution >= 0.6 is 11.6 Å². The van der Waals surface area contributed by atoms with Crippen LogP contribution in [-0.2, 0) is 40.6 Å². The smallest absolute Gasteiger partial charge is 0.260 e. The van der Waals surface area contributed by atoms with Gasteiger partial charge < -0.3 is 22.8 Å². The van der Waals surface area contributed by atoms with Crippen LogP contribution in [-0.4, -0.2) is 77.3 Å². The van der Waals surface area contributed by atoms with Crippen LogP contribution in [0.15, 0.2) is 274 Å². The van der Waals surface area contributed by atoms with Gasteiger partial charge in [0.1, 0.15) is 63.0 Å². The summed E-state index contributed by atoms with van der Waals surface area (Å²) in [6.07, 6.45) is 17.1. The van der Waals surface area contributed by atoms with Gasteiger partial charge in [0.25, 0.3) is 29.5 Å². The van der Waals surface area contributed by atoms with Crippen LogP contribution in [0.3, 0.4) is 0 Å². The maximum Gasteiger partial charge on any atom is 0.260 e. The number of nitrogens with zero attached hydrogens (tertiary/aromatic N) is 15. The van der Waals surface area contributed by atoms with Crippen LogP contribution in [0.5, 0.6) is 0 Å². The number of hydrogen-bond acceptors (Lipinski definition) is 10. The monoisotopic (exact) mass is 1800 g/mol. The third-order valence-corrected chi connectivity index (χ3v) is 22.7. The summed E-state index contributed by atoms with van der Waals surface area (Å²) >= 11 is 6.35. The van der Waals surface area contributed by atoms with Crippen LogP contribution in [0.2, 0.25) is 5.02 Å². The fraction of sp³-hybridized carbons (Fsp3) is 0.126. The summed E-state index contributed by atoms with van der Waals surface area (Å²) in [4.78, 5) is 89.0. The van der Waals surface area contributed by atoms with Crippen LogP contribution in [0.1, 0.15) is 122 Å². The van der Waals surface area contributed by atoms with Gasteiger partial charge in [-0.05, 0) is 176 Å². The molecule has 133 heavy (non-hydrogen) atoms. The fourth-order valence-corrected chi connectivity index (χ4v) is 15.8. The zero-order valence-electron chi connectivity index (χ0n) is 71.1. The molecule has 1 aliphatic carbocycles. The van der Waals surface area contributed by atoms with Gasteiger partial charge in [-0.3, -0.25) is 24.0 Å². The highest BCUT2D eigenvalue weighted by atomic mass is 35.5. The van der Waals surface area contributed by atoms with Crippen LogP contribution in [0, 0.1) is 112 Å². The third kappa shape index (κ3) is 16.9. The summed E-state index contributed by atoms with van der Waals surface area (Å²) in [6.45, 7) is 10.2. The Bertz CT molecular complexity index is 6840. The average molecular weight is 1800 g/mol. The van der Waals surface area contributed by atoms with Crippen molar-refractivity contribution in [2.24, 2.45) is 0 Å². The highest BCUT2D eigenvalue weighted by Crippen LogP contribution is 2.55. The topological polar surface area (TPSA) is 191 Å². The Morgan fingerprint density at radius 3 is 0.797 bits per heavy atom. The van der Waals surface area contributed by atoms with E-state index in [1.165, 1.54) is 35.8 Å². The Balaban J connectivity index is 0.000000116. The van der Waals surface area contributed by atoms with Crippen molar-refractivity contribution in [3.8, 4) is 59.2 Å². The van der Waals surface area contributed by atoms with E-state index in [0.717, 1.165) is 95.9 Å². The molecule has 0 radical (unpaired) electrons. The van der Waals surface area contributed by atoms with E-state index in [9.17, 15) is 63.5 Å². The Kier molecular flexibility index (Phi) is 23.8. The molecule has 30 heteroatoms. The van der Waals surface area contributed by atoms with Gasteiger partial charge >= 0.3 is 0 Å². The lowest BCUT2D eigenvalue weighted by Gasteiger charge is -2.20. The van der Waals surface area contributed by atoms with E-state index >= 15 is 0 Å². The Labute approximate surface area is 760 Å². The molecule has 21 rings (SSSR count). The lowest BCUT2D eigenvalue weighted by atomic mass is 10.0. The minimum Gasteiger partial charge on any atom is -0.304 e. The highest BCUT2D eigenvalue weighted by molar-refractivity contribution is 6.34. The van der Waals surface area contributed by atoms with Crippen molar-refractivity contribution in [1.29, 1.82) is 0 Å². The number of halogens is 10. The molecule has 10 aromatic carbocycles. The zero-order chi connectivity index (χ0) is 93.5. The van der Waals surface area contributed by atoms with Crippen molar-refractivity contribution in [2.45, 2.75) is 83.1 Å². The summed E-state index contributed by atoms with van der Waals surface area (Å²) in [7, 11) is 0. The second-order valence-electron chi connectivity index (χ2n) is 31.9. The first-order chi connectivity index (χ1) is 64.0. The molecule has 0 unspecified atom stereocenters. The summed E-state index contributed by atoms with van der Waals surface area (Å²) in [5.74, 6) is 20.0. The average Bonchev–Trinajstić information content (AvgIpc) is 1.53. The summed E-state index contributed by atoms with van der Waals surface area (Å²) in [5, 5.41) is 0.105. The van der Waals surface area contributed by atoms with E-state index in [1.54, 1.807) is 144 Å². The van der Waals surface area contributed by atoms with Gasteiger partial charge in [-0.2, -0.15) is 0 Å². The SMILES string of the molecule is CC1(C)C(=O)N(c2c(F)cc(C#Cc3ccccc3)cc2Cl)c2nccn21.CC1(C)C(=O)N(c2c(F)cc(C#Cc3ccccc3)cc2F)c2nccn21.C[C@@H]1C(=O)N(c2c(F)cc(C#Cc3ccccc3)cc2F)c2nccn21.C[C@H]1C(=O)N(c2c(F)cc(C#Cc3ccccc3)cc2F)c2nccn21.O=C1N(c2c(F)cc(C#Cc3ccccc3)cc2F)c2nccn2C12CC2. The van der Waals surface area contributed by atoms with Crippen molar-refractivity contribution in [1.82, 2.24) is 47.8 Å². The maximum atomic E-state index is 14.9. The van der Waals surface area contributed by atoms with Crippen molar-refractivity contribution >= 4 is 99.3 Å². The molecule has 1 fully saturated rings. The predicted molar refractivity (Wildman–Crippen MR) is 481 cm³/mol. The number of rotatable bonds is 5. The molecule has 6 aliphatic rings. The molecule has 1 saturated carbocycles. The minimum atomic E-state index is -0.976. The second kappa shape index (κ2) is 35.9. The normalized spacial score (nSPS) is 15.3. The van der Waals surface area contributed by atoms with E-state index in [1.807, 2.05) is 115 Å². The molecule has 5 aliphatic heterocycles. The van der Waals surface area contributed by atoms with E-state index < -0.39 is 122 Å². The third-order valence-electron chi connectivity index (χ3n) is 22.4. The molecule has 10 heterocycles. The van der Waals surface area contributed by atoms with Crippen LogP contribution in [0.4, 0.5) is 97.7 Å². The Morgan fingerprint density at radius 2 is 0.511 bits per heavy atom. The molecular formula is C103H69ClF9N15O5. The first-order valence-electron chi connectivity index (χ1n) is 41.2. The standard InChI is InChI=1S/C21H15ClFN3O.C21H13F2N3O.C21H15F2N3O.2C20H13F2N3O/c1-21(2)19(27)26(20-24-10-11-25(20)21)18-16(22)12-15(13-17(18)23)9-8-14-6-4-3-5-7-14;22-16-12-15(7-6-14-4-2-1-3-5-14)13-17(23)18(16)26-19(27)21(8-9-21)25-11-10-24-20(25)26;1-21(2)19(27)26(20-24-10-11-25(20)21)18-16(22)12-15(13-17(18)23)9-8-14-6-4-3-5-7-14;2*1-13-19(26)25(20-23-9-10-24(13)20)18-16(21)11-15(12-17(18)22)8-7-14-5-3-2-4-6-14/h3-7,10-13H,1-2H3;1-5,10-13H,8-9H2;3-7,10-13H,1-2H3;2*2-6,9-13H,1H3/t;;;2*13-/m...10/s1. The van der Waals surface area contributed by atoms with E-state index in [4.69, 9.17) is 11.6 Å². The highest BCUT2D eigenvalue weighted by Gasteiger charge is 2.61. The van der Waals surface area contributed by atoms with E-state index in [2.05, 4.69) is 84.1 Å². The summed E-state index contributed by atoms with van der Waals surface area (Å²) < 4.78 is 141. The molecule has 5 amide bonds. The molecule has 0 bridgehead atoms. The minimum absolute atomic E-state index is 0.00930. The molecule has 2 atom stereocenters. The van der Waals surface area contributed by atoms with Gasteiger partial charge in [0.05, 0.1) is 5.02 Å². The second-order valence-corrected chi connectivity index (χ2v) is 32.3. The van der Waals surface area contributed by atoms with Gasteiger partial charge in [0.2, 0.25) is 29.7 Å². The Hall–Kier alpha value is -16.9. The molecule has 5 aromatic heterocycles. The first kappa shape index (κ1) is 88.1. The number of benzene rings is 10. The number of hydrogen-bond donors (Lipinski definition) is 0. The maximum absolute atomic E-state index is 14.9. The molecule has 15 aromatic rings. The van der Waals surface area contributed by atoms with Crippen molar-refractivity contribution < 1.29 is 63.5 Å². The largest absolute Gasteiger partial charge is 0.304 e.